The molecule has 0 saturated heterocycles. The molecule has 0 bridgehead atoms. The summed E-state index contributed by atoms with van der Waals surface area (Å²) in [4.78, 5) is 11.5. The van der Waals surface area contributed by atoms with Gasteiger partial charge in [-0.05, 0) is 19.3 Å². The molecule has 0 heterocycles. The van der Waals surface area contributed by atoms with Crippen molar-refractivity contribution in [3.8, 4) is 0 Å². The van der Waals surface area contributed by atoms with Gasteiger partial charge in [-0.1, -0.05) is 26.2 Å². The number of carbonyl (C=O) groups excluding carboxylic acids is 1. The van der Waals surface area contributed by atoms with Crippen LogP contribution in [0.3, 0.4) is 0 Å². The van der Waals surface area contributed by atoms with Gasteiger partial charge in [0.2, 0.25) is 0 Å². The van der Waals surface area contributed by atoms with Gasteiger partial charge >= 0.3 is 0 Å². The summed E-state index contributed by atoms with van der Waals surface area (Å²) >= 11 is 0. The SMILES string of the molecule is CCCC(O)C(=O)C1CCCC1. The van der Waals surface area contributed by atoms with Crippen molar-refractivity contribution in [1.82, 2.24) is 0 Å². The fourth-order valence-corrected chi connectivity index (χ4v) is 1.90. The molecule has 1 rings (SSSR count). The van der Waals surface area contributed by atoms with Crippen LogP contribution in [0.5, 0.6) is 0 Å². The fraction of sp³-hybridized carbons (Fsp3) is 0.900. The molecule has 12 heavy (non-hydrogen) atoms. The Hall–Kier alpha value is -0.370. The molecular weight excluding hydrogens is 152 g/mol. The number of rotatable bonds is 4. The Morgan fingerprint density at radius 3 is 2.58 bits per heavy atom. The minimum Gasteiger partial charge on any atom is -0.385 e. The lowest BCUT2D eigenvalue weighted by Crippen LogP contribution is -2.26. The van der Waals surface area contributed by atoms with E-state index in [0.717, 1.165) is 32.1 Å². The van der Waals surface area contributed by atoms with E-state index in [0.29, 0.717) is 6.42 Å². The van der Waals surface area contributed by atoms with Gasteiger partial charge < -0.3 is 5.11 Å². The van der Waals surface area contributed by atoms with Crippen molar-refractivity contribution in [2.75, 3.05) is 0 Å². The van der Waals surface area contributed by atoms with E-state index in [2.05, 4.69) is 0 Å². The molecule has 2 nitrogen and oxygen atoms in total. The molecule has 0 radical (unpaired) electrons. The van der Waals surface area contributed by atoms with Crippen molar-refractivity contribution in [3.05, 3.63) is 0 Å². The monoisotopic (exact) mass is 170 g/mol. The van der Waals surface area contributed by atoms with Crippen LogP contribution in [-0.4, -0.2) is 17.0 Å². The zero-order valence-corrected chi connectivity index (χ0v) is 7.75. The van der Waals surface area contributed by atoms with Crippen LogP contribution in [0, 0.1) is 5.92 Å². The largest absolute Gasteiger partial charge is 0.385 e. The maximum Gasteiger partial charge on any atom is 0.164 e. The number of aliphatic hydroxyl groups excluding tert-OH is 1. The summed E-state index contributed by atoms with van der Waals surface area (Å²) in [5, 5.41) is 9.43. The normalized spacial score (nSPS) is 21.2. The first-order chi connectivity index (χ1) is 5.75. The van der Waals surface area contributed by atoms with E-state index in [1.165, 1.54) is 0 Å². The molecule has 1 N–H and O–H groups in total. The second kappa shape index (κ2) is 4.61. The van der Waals surface area contributed by atoms with Crippen LogP contribution in [0.25, 0.3) is 0 Å². The molecule has 70 valence electrons. The molecule has 1 unspecified atom stereocenters. The maximum atomic E-state index is 11.5. The van der Waals surface area contributed by atoms with Crippen molar-refractivity contribution in [2.45, 2.75) is 51.6 Å². The summed E-state index contributed by atoms with van der Waals surface area (Å²) in [5.74, 6) is 0.265. The highest BCUT2D eigenvalue weighted by atomic mass is 16.3. The van der Waals surface area contributed by atoms with E-state index in [-0.39, 0.29) is 11.7 Å². The maximum absolute atomic E-state index is 11.5. The second-order valence-corrected chi connectivity index (χ2v) is 3.69. The van der Waals surface area contributed by atoms with Crippen LogP contribution in [0.1, 0.15) is 45.4 Å². The van der Waals surface area contributed by atoms with Crippen molar-refractivity contribution in [1.29, 1.82) is 0 Å². The third kappa shape index (κ3) is 2.31. The number of ketones is 1. The highest BCUT2D eigenvalue weighted by Gasteiger charge is 2.27. The minimum atomic E-state index is -0.682. The highest BCUT2D eigenvalue weighted by molar-refractivity contribution is 5.85. The Bertz CT molecular complexity index is 148. The smallest absolute Gasteiger partial charge is 0.164 e. The summed E-state index contributed by atoms with van der Waals surface area (Å²) in [5.41, 5.74) is 0. The summed E-state index contributed by atoms with van der Waals surface area (Å²) < 4.78 is 0. The Morgan fingerprint density at radius 1 is 1.50 bits per heavy atom. The minimum absolute atomic E-state index is 0.0920. The standard InChI is InChI=1S/C10H18O2/c1-2-5-9(11)10(12)8-6-3-4-7-8/h8-9,11H,2-7H2,1H3. The molecule has 2 heteroatoms. The molecule has 1 aliphatic rings. The summed E-state index contributed by atoms with van der Waals surface area (Å²) in [6.07, 6.45) is 5.16. The van der Waals surface area contributed by atoms with Crippen LogP contribution >= 0.6 is 0 Å². The van der Waals surface area contributed by atoms with Crippen LogP contribution < -0.4 is 0 Å². The van der Waals surface area contributed by atoms with Crippen molar-refractivity contribution in [3.63, 3.8) is 0 Å². The number of hydrogen-bond acceptors (Lipinski definition) is 2. The van der Waals surface area contributed by atoms with Crippen molar-refractivity contribution < 1.29 is 9.90 Å². The predicted molar refractivity (Wildman–Crippen MR) is 47.9 cm³/mol. The molecular formula is C10H18O2. The molecule has 1 fully saturated rings. The van der Waals surface area contributed by atoms with Gasteiger partial charge in [0.15, 0.2) is 5.78 Å². The molecule has 1 atom stereocenters. The van der Waals surface area contributed by atoms with E-state index in [1.54, 1.807) is 0 Å². The molecule has 0 aromatic carbocycles. The quantitative estimate of drug-likeness (QED) is 0.699. The first kappa shape index (κ1) is 9.72. The van der Waals surface area contributed by atoms with E-state index < -0.39 is 6.10 Å². The van der Waals surface area contributed by atoms with Crippen LogP contribution in [-0.2, 0) is 4.79 Å². The number of aliphatic hydroxyl groups is 1. The fourth-order valence-electron chi connectivity index (χ4n) is 1.90. The van der Waals surface area contributed by atoms with Gasteiger partial charge in [0, 0.05) is 5.92 Å². The average molecular weight is 170 g/mol. The molecule has 0 spiro atoms. The third-order valence-electron chi connectivity index (χ3n) is 2.65. The molecule has 0 aliphatic heterocycles. The van der Waals surface area contributed by atoms with E-state index >= 15 is 0 Å². The zero-order valence-electron chi connectivity index (χ0n) is 7.75. The van der Waals surface area contributed by atoms with Crippen LogP contribution in [0.4, 0.5) is 0 Å². The van der Waals surface area contributed by atoms with Crippen molar-refractivity contribution >= 4 is 5.78 Å². The second-order valence-electron chi connectivity index (χ2n) is 3.69. The van der Waals surface area contributed by atoms with E-state index in [1.807, 2.05) is 6.92 Å². The Morgan fingerprint density at radius 2 is 2.08 bits per heavy atom. The van der Waals surface area contributed by atoms with Gasteiger partial charge in [-0.2, -0.15) is 0 Å². The number of carbonyl (C=O) groups is 1. The Labute approximate surface area is 74.0 Å². The van der Waals surface area contributed by atoms with Crippen LogP contribution in [0.2, 0.25) is 0 Å². The van der Waals surface area contributed by atoms with Gasteiger partial charge in [0.25, 0.3) is 0 Å². The van der Waals surface area contributed by atoms with Crippen molar-refractivity contribution in [2.24, 2.45) is 5.92 Å². The molecule has 1 saturated carbocycles. The lowest BCUT2D eigenvalue weighted by atomic mass is 9.96. The van der Waals surface area contributed by atoms with Gasteiger partial charge in [-0.25, -0.2) is 0 Å². The summed E-state index contributed by atoms with van der Waals surface area (Å²) in [6, 6.07) is 0. The van der Waals surface area contributed by atoms with E-state index in [9.17, 15) is 9.90 Å². The van der Waals surface area contributed by atoms with Gasteiger partial charge in [-0.3, -0.25) is 4.79 Å². The average Bonchev–Trinajstić information content (AvgIpc) is 2.55. The highest BCUT2D eigenvalue weighted by Crippen LogP contribution is 2.26. The Balaban J connectivity index is 2.34. The lowest BCUT2D eigenvalue weighted by Gasteiger charge is -2.12. The van der Waals surface area contributed by atoms with Gasteiger partial charge in [0.1, 0.15) is 6.10 Å². The summed E-state index contributed by atoms with van der Waals surface area (Å²) in [7, 11) is 0. The predicted octanol–water partition coefficient (Wildman–Crippen LogP) is 1.91. The Kier molecular flexibility index (Phi) is 3.73. The van der Waals surface area contributed by atoms with Crippen LogP contribution in [0.15, 0.2) is 0 Å². The first-order valence-electron chi connectivity index (χ1n) is 4.97. The summed E-state index contributed by atoms with van der Waals surface area (Å²) in [6.45, 7) is 1.99. The first-order valence-corrected chi connectivity index (χ1v) is 4.97. The molecule has 0 aromatic heterocycles. The van der Waals surface area contributed by atoms with Gasteiger partial charge in [-0.15, -0.1) is 0 Å². The number of hydrogen-bond donors (Lipinski definition) is 1. The zero-order chi connectivity index (χ0) is 8.97. The molecule has 0 aromatic rings. The topological polar surface area (TPSA) is 37.3 Å². The molecule has 0 amide bonds. The lowest BCUT2D eigenvalue weighted by molar-refractivity contribution is -0.131. The third-order valence-corrected chi connectivity index (χ3v) is 2.65. The van der Waals surface area contributed by atoms with Gasteiger partial charge in [0.05, 0.1) is 0 Å². The number of Topliss-reactive ketones (excluding diaryl/α,β-unsaturated/α-hetero) is 1. The van der Waals surface area contributed by atoms with E-state index in [4.69, 9.17) is 0 Å². The molecule has 1 aliphatic carbocycles.